The third-order valence-electron chi connectivity index (χ3n) is 5.45. The quantitative estimate of drug-likeness (QED) is 0.797. The molecule has 2 amide bonds. The molecule has 2 saturated heterocycles. The maximum absolute atomic E-state index is 12.3. The number of aromatic nitrogens is 2. The number of nitrogens with zero attached hydrogens (tertiary/aromatic N) is 3. The van der Waals surface area contributed by atoms with Crippen molar-refractivity contribution in [3.05, 3.63) is 11.7 Å². The van der Waals surface area contributed by atoms with Crippen LogP contribution in [0.5, 0.6) is 0 Å². The van der Waals surface area contributed by atoms with Gasteiger partial charge < -0.3 is 19.9 Å². The summed E-state index contributed by atoms with van der Waals surface area (Å²) in [7, 11) is 0. The van der Waals surface area contributed by atoms with E-state index in [1.807, 2.05) is 6.92 Å². The molecule has 3 rings (SSSR count). The van der Waals surface area contributed by atoms with Crippen molar-refractivity contribution in [3.8, 4) is 0 Å². The topological polar surface area (TPSA) is 92.5 Å². The molecule has 8 heteroatoms. The molecule has 2 unspecified atom stereocenters. The number of piperidine rings is 1. The van der Waals surface area contributed by atoms with Crippen molar-refractivity contribution in [2.24, 2.45) is 5.92 Å². The van der Waals surface area contributed by atoms with Gasteiger partial charge in [0.1, 0.15) is 0 Å². The van der Waals surface area contributed by atoms with Gasteiger partial charge >= 0.3 is 6.03 Å². The van der Waals surface area contributed by atoms with Crippen molar-refractivity contribution < 1.29 is 14.1 Å². The SMILES string of the molecule is CCc1nc(CN2CCCC(NC(=O)NCC3CCOC3(C)C)C2)no1. The highest BCUT2D eigenvalue weighted by molar-refractivity contribution is 5.74. The molecule has 3 heterocycles. The van der Waals surface area contributed by atoms with Crippen LogP contribution in [0.2, 0.25) is 0 Å². The van der Waals surface area contributed by atoms with Crippen molar-refractivity contribution in [2.75, 3.05) is 26.2 Å². The number of hydrogen-bond donors (Lipinski definition) is 2. The number of amides is 2. The molecule has 1 aromatic rings. The average Bonchev–Trinajstić information content (AvgIpc) is 3.19. The van der Waals surface area contributed by atoms with Gasteiger partial charge in [-0.3, -0.25) is 4.90 Å². The van der Waals surface area contributed by atoms with Crippen LogP contribution in [-0.4, -0.2) is 59.0 Å². The molecule has 0 spiro atoms. The highest BCUT2D eigenvalue weighted by Crippen LogP contribution is 2.30. The van der Waals surface area contributed by atoms with Crippen LogP contribution in [0, 0.1) is 5.92 Å². The van der Waals surface area contributed by atoms with Crippen molar-refractivity contribution in [1.82, 2.24) is 25.7 Å². The molecule has 0 aromatic carbocycles. The molecule has 2 N–H and O–H groups in total. The highest BCUT2D eigenvalue weighted by atomic mass is 16.5. The molecule has 0 aliphatic carbocycles. The van der Waals surface area contributed by atoms with Gasteiger partial charge in [0.25, 0.3) is 0 Å². The Balaban J connectivity index is 1.42. The van der Waals surface area contributed by atoms with Crippen molar-refractivity contribution in [3.63, 3.8) is 0 Å². The molecule has 0 radical (unpaired) electrons. The summed E-state index contributed by atoms with van der Waals surface area (Å²) >= 11 is 0. The Morgan fingerprint density at radius 2 is 2.23 bits per heavy atom. The number of carbonyl (C=O) groups is 1. The summed E-state index contributed by atoms with van der Waals surface area (Å²) in [5.41, 5.74) is -0.156. The molecule has 2 aliphatic heterocycles. The van der Waals surface area contributed by atoms with E-state index in [1.54, 1.807) is 0 Å². The summed E-state index contributed by atoms with van der Waals surface area (Å²) in [5, 5.41) is 10.1. The summed E-state index contributed by atoms with van der Waals surface area (Å²) in [5.74, 6) is 1.75. The van der Waals surface area contributed by atoms with Crippen molar-refractivity contribution in [1.29, 1.82) is 0 Å². The number of ether oxygens (including phenoxy) is 1. The Morgan fingerprint density at radius 1 is 1.38 bits per heavy atom. The van der Waals surface area contributed by atoms with Gasteiger partial charge in [0.15, 0.2) is 5.82 Å². The van der Waals surface area contributed by atoms with E-state index >= 15 is 0 Å². The van der Waals surface area contributed by atoms with E-state index in [9.17, 15) is 4.79 Å². The first kappa shape index (κ1) is 19.1. The molecule has 26 heavy (non-hydrogen) atoms. The number of urea groups is 1. The second-order valence-electron chi connectivity index (χ2n) is 7.82. The van der Waals surface area contributed by atoms with Gasteiger partial charge in [-0.25, -0.2) is 4.79 Å². The van der Waals surface area contributed by atoms with E-state index in [0.29, 0.717) is 24.9 Å². The lowest BCUT2D eigenvalue weighted by Crippen LogP contribution is -2.51. The monoisotopic (exact) mass is 365 g/mol. The maximum Gasteiger partial charge on any atom is 0.315 e. The van der Waals surface area contributed by atoms with E-state index in [2.05, 4.69) is 39.5 Å². The number of likely N-dealkylation sites (tertiary alicyclic amines) is 1. The molecule has 8 nitrogen and oxygen atoms in total. The first-order valence-electron chi connectivity index (χ1n) is 9.68. The predicted molar refractivity (Wildman–Crippen MR) is 96.6 cm³/mol. The van der Waals surface area contributed by atoms with Crippen LogP contribution >= 0.6 is 0 Å². The van der Waals surface area contributed by atoms with E-state index < -0.39 is 0 Å². The number of rotatable bonds is 6. The predicted octanol–water partition coefficient (Wildman–Crippen LogP) is 1.71. The molecular weight excluding hydrogens is 334 g/mol. The molecule has 0 bridgehead atoms. The largest absolute Gasteiger partial charge is 0.375 e. The minimum absolute atomic E-state index is 0.0904. The van der Waals surface area contributed by atoms with E-state index in [0.717, 1.165) is 51.2 Å². The Bertz CT molecular complexity index is 603. The Morgan fingerprint density at radius 3 is 2.92 bits per heavy atom. The lowest BCUT2D eigenvalue weighted by Gasteiger charge is -2.32. The first-order chi connectivity index (χ1) is 12.5. The van der Waals surface area contributed by atoms with Crippen LogP contribution in [-0.2, 0) is 17.7 Å². The summed E-state index contributed by atoms with van der Waals surface area (Å²) in [4.78, 5) is 18.9. The van der Waals surface area contributed by atoms with Gasteiger partial charge in [0, 0.05) is 38.1 Å². The zero-order valence-corrected chi connectivity index (χ0v) is 16.1. The third kappa shape index (κ3) is 4.94. The summed E-state index contributed by atoms with van der Waals surface area (Å²) in [6.45, 7) is 10.1. The lowest BCUT2D eigenvalue weighted by molar-refractivity contribution is 0.0119. The second-order valence-corrected chi connectivity index (χ2v) is 7.82. The first-order valence-corrected chi connectivity index (χ1v) is 9.68. The van der Waals surface area contributed by atoms with Crippen LogP contribution in [0.1, 0.15) is 51.7 Å². The summed E-state index contributed by atoms with van der Waals surface area (Å²) in [6.07, 6.45) is 3.79. The zero-order chi connectivity index (χ0) is 18.6. The minimum Gasteiger partial charge on any atom is -0.375 e. The normalized spacial score (nSPS) is 26.0. The Kier molecular flexibility index (Phi) is 6.13. The molecular formula is C18H31N5O3. The van der Waals surface area contributed by atoms with Gasteiger partial charge in [0.2, 0.25) is 5.89 Å². The zero-order valence-electron chi connectivity index (χ0n) is 16.1. The van der Waals surface area contributed by atoms with Crippen LogP contribution < -0.4 is 10.6 Å². The van der Waals surface area contributed by atoms with Gasteiger partial charge in [-0.15, -0.1) is 0 Å². The van der Waals surface area contributed by atoms with Gasteiger partial charge in [-0.1, -0.05) is 12.1 Å². The Labute approximate surface area is 155 Å². The third-order valence-corrected chi connectivity index (χ3v) is 5.45. The Hall–Kier alpha value is -1.67. The number of aryl methyl sites for hydroxylation is 1. The van der Waals surface area contributed by atoms with Gasteiger partial charge in [-0.05, 0) is 39.7 Å². The highest BCUT2D eigenvalue weighted by Gasteiger charge is 2.35. The van der Waals surface area contributed by atoms with Crippen LogP contribution in [0.15, 0.2) is 4.52 Å². The van der Waals surface area contributed by atoms with Gasteiger partial charge in [-0.2, -0.15) is 4.98 Å². The lowest BCUT2D eigenvalue weighted by atomic mass is 9.91. The number of carbonyl (C=O) groups excluding carboxylic acids is 1. The molecule has 146 valence electrons. The fourth-order valence-corrected chi connectivity index (χ4v) is 3.74. The molecule has 2 fully saturated rings. The molecule has 0 saturated carbocycles. The van der Waals surface area contributed by atoms with Crippen LogP contribution in [0.4, 0.5) is 4.79 Å². The summed E-state index contributed by atoms with van der Waals surface area (Å²) < 4.78 is 10.9. The summed E-state index contributed by atoms with van der Waals surface area (Å²) in [6, 6.07) is 0.0570. The number of nitrogens with one attached hydrogen (secondary N) is 2. The number of hydrogen-bond acceptors (Lipinski definition) is 6. The maximum atomic E-state index is 12.3. The second kappa shape index (κ2) is 8.35. The van der Waals surface area contributed by atoms with E-state index in [1.165, 1.54) is 0 Å². The van der Waals surface area contributed by atoms with Gasteiger partial charge in [0.05, 0.1) is 12.1 Å². The van der Waals surface area contributed by atoms with Crippen molar-refractivity contribution in [2.45, 2.75) is 64.6 Å². The molecule has 2 atom stereocenters. The molecule has 2 aliphatic rings. The minimum atomic E-state index is -0.156. The van der Waals surface area contributed by atoms with E-state index in [-0.39, 0.29) is 17.7 Å². The van der Waals surface area contributed by atoms with Crippen LogP contribution in [0.3, 0.4) is 0 Å². The van der Waals surface area contributed by atoms with Crippen molar-refractivity contribution >= 4 is 6.03 Å². The van der Waals surface area contributed by atoms with E-state index in [4.69, 9.17) is 9.26 Å². The average molecular weight is 365 g/mol. The fraction of sp³-hybridized carbons (Fsp3) is 0.833. The standard InChI is InChI=1S/C18H31N5O3/c1-4-16-21-15(22-26-16)12-23-8-5-6-14(11-23)20-17(24)19-10-13-7-9-25-18(13,2)3/h13-14H,4-12H2,1-3H3,(H2,19,20,24). The van der Waals surface area contributed by atoms with Crippen LogP contribution in [0.25, 0.3) is 0 Å². The fourth-order valence-electron chi connectivity index (χ4n) is 3.74. The smallest absolute Gasteiger partial charge is 0.315 e. The molecule has 1 aromatic heterocycles.